The Labute approximate surface area is 183 Å². The highest BCUT2D eigenvalue weighted by atomic mass is 35.5. The number of carbonyl (C=O) groups excluding carboxylic acids is 1. The largest absolute Gasteiger partial charge is 0.323 e. The number of hydrogen-bond acceptors (Lipinski definition) is 6. The van der Waals surface area contributed by atoms with Gasteiger partial charge in [-0.25, -0.2) is 9.97 Å². The number of hydrogen-bond donors (Lipinski definition) is 2. The van der Waals surface area contributed by atoms with Crippen LogP contribution in [0.4, 0.5) is 17.3 Å². The van der Waals surface area contributed by atoms with Crippen molar-refractivity contribution in [2.75, 3.05) is 10.6 Å². The molecular formula is C23H15ClN6O. The van der Waals surface area contributed by atoms with E-state index in [1.165, 1.54) is 18.3 Å². The van der Waals surface area contributed by atoms with Crippen LogP contribution in [0.25, 0.3) is 11.1 Å². The SMILES string of the molecule is N#Cc1ccc(Nc2nccc(C(=O)Nc3cnccc3-c3ccccc3)n2)c(Cl)c1. The van der Waals surface area contributed by atoms with Gasteiger partial charge in [-0.3, -0.25) is 9.78 Å². The van der Waals surface area contributed by atoms with Crippen LogP contribution in [0, 0.1) is 11.3 Å². The van der Waals surface area contributed by atoms with Gasteiger partial charge in [0.1, 0.15) is 5.69 Å². The van der Waals surface area contributed by atoms with Gasteiger partial charge in [-0.1, -0.05) is 41.9 Å². The monoisotopic (exact) mass is 426 g/mol. The molecule has 0 aliphatic carbocycles. The number of halogens is 1. The van der Waals surface area contributed by atoms with Crippen molar-refractivity contribution < 1.29 is 4.79 Å². The van der Waals surface area contributed by atoms with Gasteiger partial charge in [0.05, 0.1) is 34.2 Å². The zero-order chi connectivity index (χ0) is 21.6. The molecule has 2 heterocycles. The normalized spacial score (nSPS) is 10.2. The Morgan fingerprint density at radius 3 is 2.61 bits per heavy atom. The van der Waals surface area contributed by atoms with Crippen molar-refractivity contribution in [1.29, 1.82) is 5.26 Å². The Bertz CT molecular complexity index is 1290. The summed E-state index contributed by atoms with van der Waals surface area (Å²) in [6, 6.07) is 19.9. The average molecular weight is 427 g/mol. The molecule has 0 spiro atoms. The first-order valence-electron chi connectivity index (χ1n) is 9.24. The van der Waals surface area contributed by atoms with E-state index < -0.39 is 5.91 Å². The van der Waals surface area contributed by atoms with Crippen LogP contribution in [-0.2, 0) is 0 Å². The molecular weight excluding hydrogens is 412 g/mol. The molecule has 0 aliphatic heterocycles. The second-order valence-corrected chi connectivity index (χ2v) is 6.85. The third-order valence-corrected chi connectivity index (χ3v) is 4.70. The highest BCUT2D eigenvalue weighted by molar-refractivity contribution is 6.33. The highest BCUT2D eigenvalue weighted by Gasteiger charge is 2.13. The van der Waals surface area contributed by atoms with Gasteiger partial charge in [-0.05, 0) is 35.9 Å². The Balaban J connectivity index is 1.56. The summed E-state index contributed by atoms with van der Waals surface area (Å²) in [4.78, 5) is 25.4. The molecule has 0 unspecified atom stereocenters. The van der Waals surface area contributed by atoms with Crippen molar-refractivity contribution in [2.45, 2.75) is 0 Å². The maximum absolute atomic E-state index is 12.8. The van der Waals surface area contributed by atoms with E-state index in [9.17, 15) is 4.79 Å². The first kappa shape index (κ1) is 20.0. The molecule has 0 atom stereocenters. The van der Waals surface area contributed by atoms with Crippen molar-refractivity contribution in [2.24, 2.45) is 0 Å². The second-order valence-electron chi connectivity index (χ2n) is 6.44. The van der Waals surface area contributed by atoms with Crippen LogP contribution in [0.2, 0.25) is 5.02 Å². The van der Waals surface area contributed by atoms with Gasteiger partial charge in [-0.15, -0.1) is 0 Å². The van der Waals surface area contributed by atoms with E-state index in [-0.39, 0.29) is 11.6 Å². The average Bonchev–Trinajstić information content (AvgIpc) is 2.81. The van der Waals surface area contributed by atoms with Crippen LogP contribution in [0.1, 0.15) is 16.1 Å². The summed E-state index contributed by atoms with van der Waals surface area (Å²) in [7, 11) is 0. The second kappa shape index (κ2) is 9.03. The minimum Gasteiger partial charge on any atom is -0.323 e. The molecule has 0 fully saturated rings. The van der Waals surface area contributed by atoms with E-state index in [0.717, 1.165) is 11.1 Å². The number of nitrogens with zero attached hydrogens (tertiary/aromatic N) is 4. The molecule has 2 N–H and O–H groups in total. The molecule has 0 radical (unpaired) electrons. The Morgan fingerprint density at radius 1 is 1.00 bits per heavy atom. The van der Waals surface area contributed by atoms with E-state index in [4.69, 9.17) is 16.9 Å². The van der Waals surface area contributed by atoms with Crippen molar-refractivity contribution in [3.8, 4) is 17.2 Å². The van der Waals surface area contributed by atoms with Crippen LogP contribution in [-0.4, -0.2) is 20.9 Å². The lowest BCUT2D eigenvalue weighted by molar-refractivity contribution is 0.102. The maximum Gasteiger partial charge on any atom is 0.274 e. The lowest BCUT2D eigenvalue weighted by Gasteiger charge is -2.11. The van der Waals surface area contributed by atoms with Crippen LogP contribution >= 0.6 is 11.6 Å². The van der Waals surface area contributed by atoms with E-state index in [1.807, 2.05) is 42.5 Å². The standard InChI is InChI=1S/C23H15ClN6O/c24-18-12-15(13-25)6-7-19(18)29-23-27-11-9-20(30-23)22(31)28-21-14-26-10-8-17(21)16-4-2-1-3-5-16/h1-12,14H,(H,28,31)(H,27,29,30). The van der Waals surface area contributed by atoms with E-state index in [2.05, 4.69) is 25.6 Å². The number of nitrogens with one attached hydrogen (secondary N) is 2. The fraction of sp³-hybridized carbons (Fsp3) is 0. The minimum atomic E-state index is -0.401. The van der Waals surface area contributed by atoms with Crippen molar-refractivity contribution in [1.82, 2.24) is 15.0 Å². The molecule has 0 saturated carbocycles. The van der Waals surface area contributed by atoms with Gasteiger partial charge < -0.3 is 10.6 Å². The van der Waals surface area contributed by atoms with E-state index in [1.54, 1.807) is 24.5 Å². The summed E-state index contributed by atoms with van der Waals surface area (Å²) in [6.07, 6.45) is 4.74. The number of rotatable bonds is 5. The number of pyridine rings is 1. The summed E-state index contributed by atoms with van der Waals surface area (Å²) in [5.41, 5.74) is 3.51. The zero-order valence-corrected chi connectivity index (χ0v) is 16.8. The van der Waals surface area contributed by atoms with E-state index in [0.29, 0.717) is 22.0 Å². The molecule has 0 aliphatic rings. The third-order valence-electron chi connectivity index (χ3n) is 4.39. The molecule has 7 nitrogen and oxygen atoms in total. The minimum absolute atomic E-state index is 0.171. The molecule has 4 aromatic rings. The van der Waals surface area contributed by atoms with Gasteiger partial charge in [-0.2, -0.15) is 5.26 Å². The lowest BCUT2D eigenvalue weighted by Crippen LogP contribution is -2.15. The molecule has 0 bridgehead atoms. The number of aromatic nitrogens is 3. The molecule has 8 heteroatoms. The molecule has 150 valence electrons. The zero-order valence-electron chi connectivity index (χ0n) is 16.1. The highest BCUT2D eigenvalue weighted by Crippen LogP contribution is 2.27. The number of anilines is 3. The first-order chi connectivity index (χ1) is 15.1. The molecule has 4 rings (SSSR count). The molecule has 2 aromatic heterocycles. The first-order valence-corrected chi connectivity index (χ1v) is 9.62. The summed E-state index contributed by atoms with van der Waals surface area (Å²) >= 11 is 6.19. The topological polar surface area (TPSA) is 104 Å². The molecule has 31 heavy (non-hydrogen) atoms. The summed E-state index contributed by atoms with van der Waals surface area (Å²) in [5, 5.41) is 15.1. The quantitative estimate of drug-likeness (QED) is 0.462. The van der Waals surface area contributed by atoms with Crippen LogP contribution in [0.3, 0.4) is 0 Å². The van der Waals surface area contributed by atoms with Crippen molar-refractivity contribution in [3.63, 3.8) is 0 Å². The van der Waals surface area contributed by atoms with Gasteiger partial charge in [0.25, 0.3) is 5.91 Å². The Kier molecular flexibility index (Phi) is 5.83. The molecule has 2 aromatic carbocycles. The summed E-state index contributed by atoms with van der Waals surface area (Å²) in [6.45, 7) is 0. The maximum atomic E-state index is 12.8. The van der Waals surface area contributed by atoms with E-state index >= 15 is 0 Å². The van der Waals surface area contributed by atoms with Crippen LogP contribution in [0.15, 0.2) is 79.3 Å². The van der Waals surface area contributed by atoms with Gasteiger partial charge in [0.2, 0.25) is 5.95 Å². The smallest absolute Gasteiger partial charge is 0.274 e. The predicted molar refractivity (Wildman–Crippen MR) is 119 cm³/mol. The van der Waals surface area contributed by atoms with Gasteiger partial charge in [0, 0.05) is 18.0 Å². The predicted octanol–water partition coefficient (Wildman–Crippen LogP) is 5.06. The van der Waals surface area contributed by atoms with Crippen LogP contribution in [0.5, 0.6) is 0 Å². The Hall–Kier alpha value is -4.28. The molecule has 0 saturated heterocycles. The number of carbonyl (C=O) groups is 1. The third kappa shape index (κ3) is 4.66. The fourth-order valence-electron chi connectivity index (χ4n) is 2.90. The van der Waals surface area contributed by atoms with Crippen molar-refractivity contribution in [3.05, 3.63) is 95.5 Å². The van der Waals surface area contributed by atoms with Gasteiger partial charge in [0.15, 0.2) is 0 Å². The van der Waals surface area contributed by atoms with Crippen LogP contribution < -0.4 is 10.6 Å². The number of nitriles is 1. The lowest BCUT2D eigenvalue weighted by atomic mass is 10.1. The van der Waals surface area contributed by atoms with Crippen molar-refractivity contribution >= 4 is 34.8 Å². The Morgan fingerprint density at radius 2 is 1.84 bits per heavy atom. The summed E-state index contributed by atoms with van der Waals surface area (Å²) < 4.78 is 0. The van der Waals surface area contributed by atoms with Gasteiger partial charge >= 0.3 is 0 Å². The number of amides is 1. The number of benzene rings is 2. The molecule has 1 amide bonds. The summed E-state index contributed by atoms with van der Waals surface area (Å²) in [5.74, 6) is -0.199. The fourth-order valence-corrected chi connectivity index (χ4v) is 3.13.